The van der Waals surface area contributed by atoms with Gasteiger partial charge in [0.1, 0.15) is 40.3 Å². The molecule has 1 aromatic rings. The minimum Gasteiger partial charge on any atom is -0.507 e. The Kier molecular flexibility index (Phi) is 7.09. The first-order chi connectivity index (χ1) is 18.7. The van der Waals surface area contributed by atoms with Crippen molar-refractivity contribution in [3.05, 3.63) is 52.1 Å². The van der Waals surface area contributed by atoms with Crippen LogP contribution in [0.4, 0.5) is 0 Å². The Morgan fingerprint density at radius 1 is 1.25 bits per heavy atom. The van der Waals surface area contributed by atoms with Gasteiger partial charge in [-0.3, -0.25) is 9.59 Å². The van der Waals surface area contributed by atoms with Crippen molar-refractivity contribution in [3.8, 4) is 17.2 Å². The summed E-state index contributed by atoms with van der Waals surface area (Å²) in [5, 5.41) is 11.9. The lowest BCUT2D eigenvalue weighted by molar-refractivity contribution is -0.122. The lowest BCUT2D eigenvalue weighted by atomic mass is 9.64. The fraction of sp³-hybridized carbons (Fsp3) is 0.588. The van der Waals surface area contributed by atoms with E-state index < -0.39 is 17.6 Å². The van der Waals surface area contributed by atoms with E-state index in [2.05, 4.69) is 19.6 Å². The third-order valence-corrected chi connectivity index (χ3v) is 9.94. The number of methoxy groups -OCH3 is 1. The van der Waals surface area contributed by atoms with E-state index in [1.807, 2.05) is 34.6 Å². The summed E-state index contributed by atoms with van der Waals surface area (Å²) in [6.07, 6.45) is 6.87. The van der Waals surface area contributed by atoms with Gasteiger partial charge < -0.3 is 19.3 Å². The average molecular weight is 549 g/mol. The summed E-state index contributed by atoms with van der Waals surface area (Å²) in [6, 6.07) is 0. The molecule has 1 aromatic carbocycles. The van der Waals surface area contributed by atoms with E-state index in [1.54, 1.807) is 20.1 Å². The number of aromatic hydroxyl groups is 1. The summed E-state index contributed by atoms with van der Waals surface area (Å²) >= 11 is 0. The highest BCUT2D eigenvalue weighted by atomic mass is 16.5. The molecule has 2 heterocycles. The summed E-state index contributed by atoms with van der Waals surface area (Å²) < 4.78 is 19.5. The first-order valence-corrected chi connectivity index (χ1v) is 14.6. The number of Topliss-reactive ketones (excluding diaryl/α,β-unsaturated/α-hetero) is 2. The Morgan fingerprint density at radius 3 is 2.55 bits per heavy atom. The standard InChI is InChI=1S/C34H44O6/c1-17(2)10-11-22-31-27(29(37)26-24-16-34(8,40-32(22)26)13-12-21(24)18(3)4)28(36)23-14-20(19(5)35)15-25(30(23)39-31)33(6,7)38-9/h10,14,20-21,24-25,30,37H,3,11-13,15-16H2,1-2,4-9H3/t20-,21?,24+,25+,30?,34-/m1/s1. The van der Waals surface area contributed by atoms with E-state index in [0.29, 0.717) is 35.5 Å². The highest BCUT2D eigenvalue weighted by molar-refractivity contribution is 6.15. The number of rotatable bonds is 6. The summed E-state index contributed by atoms with van der Waals surface area (Å²) in [7, 11) is 1.65. The van der Waals surface area contributed by atoms with Gasteiger partial charge in [0.2, 0.25) is 0 Å². The maximum absolute atomic E-state index is 14.4. The maximum atomic E-state index is 14.4. The van der Waals surface area contributed by atoms with Crippen molar-refractivity contribution >= 4 is 11.6 Å². The van der Waals surface area contributed by atoms with Crippen molar-refractivity contribution in [2.24, 2.45) is 17.8 Å². The smallest absolute Gasteiger partial charge is 0.199 e. The molecular weight excluding hydrogens is 504 g/mol. The minimum atomic E-state index is -0.651. The van der Waals surface area contributed by atoms with E-state index in [4.69, 9.17) is 14.2 Å². The molecule has 5 rings (SSSR count). The van der Waals surface area contributed by atoms with Gasteiger partial charge >= 0.3 is 0 Å². The largest absolute Gasteiger partial charge is 0.507 e. The summed E-state index contributed by atoms with van der Waals surface area (Å²) in [4.78, 5) is 27.0. The second-order valence-corrected chi connectivity index (χ2v) is 13.5. The zero-order chi connectivity index (χ0) is 29.3. The number of carbonyl (C=O) groups is 2. The fourth-order valence-electron chi connectivity index (χ4n) is 7.36. The van der Waals surface area contributed by atoms with Crippen LogP contribution in [0.1, 0.15) is 102 Å². The molecule has 1 fully saturated rings. The molecule has 4 aliphatic rings. The average Bonchev–Trinajstić information content (AvgIpc) is 2.87. The Labute approximate surface area is 238 Å². The van der Waals surface area contributed by atoms with Crippen molar-refractivity contribution in [2.45, 2.75) is 104 Å². The van der Waals surface area contributed by atoms with Crippen LogP contribution < -0.4 is 9.47 Å². The van der Waals surface area contributed by atoms with E-state index in [9.17, 15) is 14.7 Å². The van der Waals surface area contributed by atoms with E-state index in [-0.39, 0.29) is 46.2 Å². The number of allylic oxidation sites excluding steroid dienone is 4. The number of phenols is 1. The van der Waals surface area contributed by atoms with Crippen LogP contribution >= 0.6 is 0 Å². The molecule has 2 unspecified atom stereocenters. The first kappa shape index (κ1) is 28.7. The Hall–Kier alpha value is -2.86. The van der Waals surface area contributed by atoms with Crippen LogP contribution in [0.3, 0.4) is 0 Å². The second kappa shape index (κ2) is 9.90. The minimum absolute atomic E-state index is 0.000415. The van der Waals surface area contributed by atoms with Gasteiger partial charge in [0.05, 0.1) is 5.60 Å². The SMILES string of the molecule is C=C(C)C1CC[C@]2(C)C[C@@H]1c1c(O)c3c(c(CC=C(C)C)c1O2)OC1C(=C[C@@H](C(C)=O)C[C@@H]1C(C)(C)OC)C3=O. The second-order valence-electron chi connectivity index (χ2n) is 13.5. The van der Waals surface area contributed by atoms with Crippen LogP contribution in [0.15, 0.2) is 35.5 Å². The van der Waals surface area contributed by atoms with Gasteiger partial charge in [-0.1, -0.05) is 29.9 Å². The van der Waals surface area contributed by atoms with Crippen molar-refractivity contribution in [2.75, 3.05) is 7.11 Å². The third-order valence-electron chi connectivity index (χ3n) is 9.94. The molecule has 2 aliphatic carbocycles. The van der Waals surface area contributed by atoms with Gasteiger partial charge in [0, 0.05) is 41.6 Å². The maximum Gasteiger partial charge on any atom is 0.199 e. The zero-order valence-electron chi connectivity index (χ0n) is 25.3. The lowest BCUT2D eigenvalue weighted by Gasteiger charge is -2.50. The Bertz CT molecular complexity index is 1340. The Morgan fingerprint density at radius 2 is 1.95 bits per heavy atom. The van der Waals surface area contributed by atoms with E-state index in [1.165, 1.54) is 0 Å². The van der Waals surface area contributed by atoms with Crippen LogP contribution in [-0.2, 0) is 16.0 Å². The first-order valence-electron chi connectivity index (χ1n) is 14.6. The highest BCUT2D eigenvalue weighted by Crippen LogP contribution is 2.60. The highest BCUT2D eigenvalue weighted by Gasteiger charge is 2.53. The van der Waals surface area contributed by atoms with Crippen LogP contribution in [-0.4, -0.2) is 41.1 Å². The van der Waals surface area contributed by atoms with Crippen LogP contribution in [0, 0.1) is 17.8 Å². The number of benzene rings is 1. The molecule has 216 valence electrons. The fourth-order valence-corrected chi connectivity index (χ4v) is 7.36. The monoisotopic (exact) mass is 548 g/mol. The molecule has 0 radical (unpaired) electrons. The number of carbonyl (C=O) groups excluding carboxylic acids is 2. The van der Waals surface area contributed by atoms with E-state index >= 15 is 0 Å². The summed E-state index contributed by atoms with van der Waals surface area (Å²) in [5.74, 6) is 0.237. The van der Waals surface area contributed by atoms with Gasteiger partial charge in [-0.2, -0.15) is 0 Å². The number of fused-ring (bicyclic) bond motifs is 6. The number of ketones is 2. The molecule has 0 saturated heterocycles. The normalized spacial score (nSPS) is 30.6. The topological polar surface area (TPSA) is 82.1 Å². The quantitative estimate of drug-likeness (QED) is 0.384. The van der Waals surface area contributed by atoms with Crippen molar-refractivity contribution in [3.63, 3.8) is 0 Å². The number of phenolic OH excluding ortho intramolecular Hbond substituents is 1. The van der Waals surface area contributed by atoms with Crippen LogP contribution in [0.5, 0.6) is 17.2 Å². The van der Waals surface area contributed by atoms with Gasteiger partial charge in [0.15, 0.2) is 5.78 Å². The molecule has 2 aliphatic heterocycles. The molecule has 6 nitrogen and oxygen atoms in total. The predicted molar refractivity (Wildman–Crippen MR) is 155 cm³/mol. The lowest BCUT2D eigenvalue weighted by Crippen LogP contribution is -2.51. The number of hydrogen-bond acceptors (Lipinski definition) is 6. The van der Waals surface area contributed by atoms with Gasteiger partial charge in [-0.05, 0) is 86.5 Å². The van der Waals surface area contributed by atoms with Crippen molar-refractivity contribution in [1.29, 1.82) is 0 Å². The number of hydrogen-bond donors (Lipinski definition) is 1. The van der Waals surface area contributed by atoms with Crippen LogP contribution in [0.2, 0.25) is 0 Å². The molecular formula is C34H44O6. The summed E-state index contributed by atoms with van der Waals surface area (Å²) in [6.45, 7) is 18.1. The number of ether oxygens (including phenoxy) is 3. The molecule has 0 amide bonds. The molecule has 6 heteroatoms. The summed E-state index contributed by atoms with van der Waals surface area (Å²) in [5.41, 5.74) is 3.32. The van der Waals surface area contributed by atoms with Crippen molar-refractivity contribution < 1.29 is 28.9 Å². The van der Waals surface area contributed by atoms with Gasteiger partial charge in [-0.25, -0.2) is 0 Å². The predicted octanol–water partition coefficient (Wildman–Crippen LogP) is 7.03. The molecule has 6 atom stereocenters. The molecule has 1 N–H and O–H groups in total. The zero-order valence-corrected chi connectivity index (χ0v) is 25.3. The molecule has 2 bridgehead atoms. The third kappa shape index (κ3) is 4.52. The molecule has 0 spiro atoms. The Balaban J connectivity index is 1.78. The molecule has 0 aromatic heterocycles. The molecule has 40 heavy (non-hydrogen) atoms. The molecule has 1 saturated carbocycles. The van der Waals surface area contributed by atoms with E-state index in [0.717, 1.165) is 36.0 Å². The van der Waals surface area contributed by atoms with Gasteiger partial charge in [0.25, 0.3) is 0 Å². The van der Waals surface area contributed by atoms with Crippen molar-refractivity contribution in [1.82, 2.24) is 0 Å². The van der Waals surface area contributed by atoms with Crippen LogP contribution in [0.25, 0.3) is 0 Å². The van der Waals surface area contributed by atoms with Gasteiger partial charge in [-0.15, -0.1) is 0 Å².